The Hall–Kier alpha value is -4.54. The smallest absolute Gasteiger partial charge is 0.352 e. The molecule has 2 heterocycles. The SMILES string of the molecule is CCn1c(=O)c(-c2noc(C(=O)NCCCN(C)c3ccccc3)n2)nn(-c2ccccc2)c1=O. The monoisotopic (exact) mass is 475 g/mol. The Morgan fingerprint density at radius 1 is 1.06 bits per heavy atom. The van der Waals surface area contributed by atoms with E-state index in [1.165, 1.54) is 0 Å². The van der Waals surface area contributed by atoms with E-state index in [-0.39, 0.29) is 24.0 Å². The number of carbonyl (C=O) groups is 1. The fourth-order valence-corrected chi connectivity index (χ4v) is 3.49. The number of carbonyl (C=O) groups excluding carboxylic acids is 1. The highest BCUT2D eigenvalue weighted by atomic mass is 16.5. The molecule has 0 fully saturated rings. The summed E-state index contributed by atoms with van der Waals surface area (Å²) in [6.45, 7) is 2.93. The van der Waals surface area contributed by atoms with Gasteiger partial charge in [0.05, 0.1) is 5.69 Å². The summed E-state index contributed by atoms with van der Waals surface area (Å²) in [6.07, 6.45) is 0.697. The quantitative estimate of drug-likeness (QED) is 0.363. The summed E-state index contributed by atoms with van der Waals surface area (Å²) in [5.41, 5.74) is 0.115. The van der Waals surface area contributed by atoms with Crippen molar-refractivity contribution in [1.29, 1.82) is 0 Å². The molecular formula is C24H25N7O4. The Morgan fingerprint density at radius 2 is 1.74 bits per heavy atom. The van der Waals surface area contributed by atoms with Crippen LogP contribution in [0.1, 0.15) is 24.0 Å². The highest BCUT2D eigenvalue weighted by Gasteiger charge is 2.22. The molecular weight excluding hydrogens is 450 g/mol. The number of hydrogen-bond donors (Lipinski definition) is 1. The summed E-state index contributed by atoms with van der Waals surface area (Å²) < 4.78 is 7.19. The molecule has 0 atom stereocenters. The Balaban J connectivity index is 1.47. The number of hydrogen-bond acceptors (Lipinski definition) is 8. The molecule has 11 nitrogen and oxygen atoms in total. The molecule has 0 saturated carbocycles. The van der Waals surface area contributed by atoms with Crippen LogP contribution >= 0.6 is 0 Å². The van der Waals surface area contributed by atoms with Gasteiger partial charge in [0.15, 0.2) is 5.69 Å². The number of anilines is 1. The van der Waals surface area contributed by atoms with Gasteiger partial charge < -0.3 is 14.7 Å². The summed E-state index contributed by atoms with van der Waals surface area (Å²) >= 11 is 0. The van der Waals surface area contributed by atoms with E-state index in [0.717, 1.165) is 21.5 Å². The third-order valence-corrected chi connectivity index (χ3v) is 5.36. The molecule has 2 aromatic carbocycles. The number of rotatable bonds is 9. The number of aromatic nitrogens is 5. The Labute approximate surface area is 200 Å². The molecule has 4 aromatic rings. The van der Waals surface area contributed by atoms with E-state index >= 15 is 0 Å². The van der Waals surface area contributed by atoms with Crippen LogP contribution in [0.4, 0.5) is 5.69 Å². The van der Waals surface area contributed by atoms with Gasteiger partial charge in [0.2, 0.25) is 5.82 Å². The van der Waals surface area contributed by atoms with Crippen LogP contribution in [0.25, 0.3) is 17.2 Å². The Kier molecular flexibility index (Phi) is 7.15. The number of nitrogens with one attached hydrogen (secondary N) is 1. The highest BCUT2D eigenvalue weighted by Crippen LogP contribution is 2.12. The predicted octanol–water partition coefficient (Wildman–Crippen LogP) is 1.72. The highest BCUT2D eigenvalue weighted by molar-refractivity contribution is 5.89. The predicted molar refractivity (Wildman–Crippen MR) is 130 cm³/mol. The molecule has 0 aliphatic carbocycles. The lowest BCUT2D eigenvalue weighted by atomic mass is 10.3. The summed E-state index contributed by atoms with van der Waals surface area (Å²) in [6, 6.07) is 18.6. The van der Waals surface area contributed by atoms with Crippen LogP contribution in [0.3, 0.4) is 0 Å². The second-order valence-electron chi connectivity index (χ2n) is 7.72. The van der Waals surface area contributed by atoms with E-state index in [4.69, 9.17) is 4.52 Å². The van der Waals surface area contributed by atoms with Crippen molar-refractivity contribution in [2.45, 2.75) is 19.9 Å². The number of amides is 1. The minimum absolute atomic E-state index is 0.128. The van der Waals surface area contributed by atoms with Gasteiger partial charge in [-0.3, -0.25) is 14.2 Å². The lowest BCUT2D eigenvalue weighted by Gasteiger charge is -2.18. The van der Waals surface area contributed by atoms with Gasteiger partial charge in [-0.15, -0.1) is 0 Å². The third-order valence-electron chi connectivity index (χ3n) is 5.36. The molecule has 0 radical (unpaired) electrons. The summed E-state index contributed by atoms with van der Waals surface area (Å²) in [5.74, 6) is -1.02. The third kappa shape index (κ3) is 5.18. The standard InChI is InChI=1S/C24H25N7O4/c1-3-30-23(33)19(27-31(24(30)34)18-13-8-5-9-14-18)20-26-22(35-28-20)21(32)25-15-10-16-29(2)17-11-6-4-7-12-17/h4-9,11-14H,3,10,15-16H2,1-2H3,(H,25,32). The van der Waals surface area contributed by atoms with Gasteiger partial charge in [0, 0.05) is 32.4 Å². The summed E-state index contributed by atoms with van der Waals surface area (Å²) in [4.78, 5) is 44.2. The van der Waals surface area contributed by atoms with Crippen molar-refractivity contribution >= 4 is 11.6 Å². The summed E-state index contributed by atoms with van der Waals surface area (Å²) in [5, 5.41) is 10.7. The molecule has 0 bridgehead atoms. The van der Waals surface area contributed by atoms with Gasteiger partial charge in [0.1, 0.15) is 0 Å². The first-order valence-corrected chi connectivity index (χ1v) is 11.2. The lowest BCUT2D eigenvalue weighted by Crippen LogP contribution is -2.41. The van der Waals surface area contributed by atoms with Crippen LogP contribution in [0.15, 0.2) is 74.8 Å². The molecule has 4 rings (SSSR count). The maximum Gasteiger partial charge on any atom is 0.352 e. The molecule has 0 saturated heterocycles. The van der Waals surface area contributed by atoms with Gasteiger partial charge in [-0.2, -0.15) is 14.8 Å². The average molecular weight is 476 g/mol. The van der Waals surface area contributed by atoms with Crippen molar-refractivity contribution < 1.29 is 9.32 Å². The van der Waals surface area contributed by atoms with E-state index < -0.39 is 17.2 Å². The first-order chi connectivity index (χ1) is 17.0. The first-order valence-electron chi connectivity index (χ1n) is 11.2. The normalized spacial score (nSPS) is 10.8. The van der Waals surface area contributed by atoms with Crippen molar-refractivity contribution in [3.63, 3.8) is 0 Å². The molecule has 1 amide bonds. The fourth-order valence-electron chi connectivity index (χ4n) is 3.49. The van der Waals surface area contributed by atoms with Crippen molar-refractivity contribution in [3.05, 3.63) is 87.4 Å². The molecule has 2 aromatic heterocycles. The van der Waals surface area contributed by atoms with Crippen molar-refractivity contribution in [1.82, 2.24) is 29.8 Å². The molecule has 11 heteroatoms. The second kappa shape index (κ2) is 10.6. The minimum Gasteiger partial charge on any atom is -0.375 e. The van der Waals surface area contributed by atoms with Crippen LogP contribution in [-0.4, -0.2) is 50.5 Å². The Morgan fingerprint density at radius 3 is 2.43 bits per heavy atom. The molecule has 35 heavy (non-hydrogen) atoms. The molecule has 0 aliphatic rings. The van der Waals surface area contributed by atoms with Gasteiger partial charge in [-0.25, -0.2) is 4.79 Å². The molecule has 1 N–H and O–H groups in total. The molecule has 0 aliphatic heterocycles. The van der Waals surface area contributed by atoms with Crippen LogP contribution in [0, 0.1) is 0 Å². The topological polar surface area (TPSA) is 128 Å². The number of nitrogens with zero attached hydrogens (tertiary/aromatic N) is 6. The lowest BCUT2D eigenvalue weighted by molar-refractivity contribution is 0.0909. The zero-order chi connectivity index (χ0) is 24.8. The van der Waals surface area contributed by atoms with Crippen LogP contribution in [0.2, 0.25) is 0 Å². The number of benzene rings is 2. The van der Waals surface area contributed by atoms with Crippen molar-refractivity contribution in [3.8, 4) is 17.2 Å². The zero-order valence-electron chi connectivity index (χ0n) is 19.4. The second-order valence-corrected chi connectivity index (χ2v) is 7.72. The van der Waals surface area contributed by atoms with Crippen molar-refractivity contribution in [2.75, 3.05) is 25.0 Å². The fraction of sp³-hybridized carbons (Fsp3) is 0.250. The average Bonchev–Trinajstić information content (AvgIpc) is 3.38. The maximum atomic E-state index is 12.8. The molecule has 0 spiro atoms. The minimum atomic E-state index is -0.665. The van der Waals surface area contributed by atoms with Gasteiger partial charge in [0.25, 0.3) is 5.56 Å². The molecule has 180 valence electrons. The van der Waals surface area contributed by atoms with Crippen LogP contribution in [0.5, 0.6) is 0 Å². The van der Waals surface area contributed by atoms with Gasteiger partial charge in [-0.05, 0) is 37.6 Å². The van der Waals surface area contributed by atoms with Crippen LogP contribution in [-0.2, 0) is 6.54 Å². The zero-order valence-corrected chi connectivity index (χ0v) is 19.4. The van der Waals surface area contributed by atoms with E-state index in [1.54, 1.807) is 37.3 Å². The van der Waals surface area contributed by atoms with Crippen molar-refractivity contribution in [2.24, 2.45) is 0 Å². The molecule has 0 unspecified atom stereocenters. The first kappa shape index (κ1) is 23.6. The van der Waals surface area contributed by atoms with E-state index in [0.29, 0.717) is 18.7 Å². The van der Waals surface area contributed by atoms with E-state index in [9.17, 15) is 14.4 Å². The maximum absolute atomic E-state index is 12.8. The van der Waals surface area contributed by atoms with Crippen LogP contribution < -0.4 is 21.5 Å². The van der Waals surface area contributed by atoms with E-state index in [2.05, 4.69) is 25.5 Å². The van der Waals surface area contributed by atoms with E-state index in [1.807, 2.05) is 37.4 Å². The van der Waals surface area contributed by atoms with Gasteiger partial charge in [-0.1, -0.05) is 41.6 Å². The Bertz CT molecular complexity index is 1410. The largest absolute Gasteiger partial charge is 0.375 e. The van der Waals surface area contributed by atoms with Gasteiger partial charge >= 0.3 is 17.5 Å². The number of para-hydroxylation sites is 2. The summed E-state index contributed by atoms with van der Waals surface area (Å²) in [7, 11) is 1.98.